The van der Waals surface area contributed by atoms with E-state index in [1.807, 2.05) is 6.07 Å². The zero-order valence-electron chi connectivity index (χ0n) is 14.8. The van der Waals surface area contributed by atoms with E-state index in [0.717, 1.165) is 38.0 Å². The van der Waals surface area contributed by atoms with Crippen molar-refractivity contribution in [3.63, 3.8) is 0 Å². The van der Waals surface area contributed by atoms with Gasteiger partial charge in [0.2, 0.25) is 0 Å². The second kappa shape index (κ2) is 9.81. The first-order valence-corrected chi connectivity index (χ1v) is 8.85. The van der Waals surface area contributed by atoms with Crippen molar-refractivity contribution in [1.29, 1.82) is 0 Å². The summed E-state index contributed by atoms with van der Waals surface area (Å²) in [5, 5.41) is 9.73. The fraction of sp³-hybridized carbons (Fsp3) is 0.429. The van der Waals surface area contributed by atoms with Crippen molar-refractivity contribution in [1.82, 2.24) is 4.90 Å². The summed E-state index contributed by atoms with van der Waals surface area (Å²) in [7, 11) is 2.08. The molecular formula is C21H28ClNO2. The second-order valence-electron chi connectivity index (χ2n) is 6.71. The summed E-state index contributed by atoms with van der Waals surface area (Å²) in [5.74, 6) is 0.995. The molecule has 3 rings (SSSR count). The molecule has 1 heterocycles. The minimum Gasteiger partial charge on any atom is -0.493 e. The highest BCUT2D eigenvalue weighted by atomic mass is 35.5. The molecule has 1 aliphatic rings. The maximum atomic E-state index is 9.73. The van der Waals surface area contributed by atoms with Crippen LogP contribution in [0.2, 0.25) is 0 Å². The number of ether oxygens (including phenoxy) is 1. The average molecular weight is 362 g/mol. The van der Waals surface area contributed by atoms with Gasteiger partial charge >= 0.3 is 0 Å². The predicted molar refractivity (Wildman–Crippen MR) is 105 cm³/mol. The maximum absolute atomic E-state index is 9.73. The fourth-order valence-electron chi connectivity index (χ4n) is 3.47. The molecule has 136 valence electrons. The molecule has 4 heteroatoms. The van der Waals surface area contributed by atoms with E-state index in [4.69, 9.17) is 4.74 Å². The number of likely N-dealkylation sites (tertiary alicyclic amines) is 1. The Morgan fingerprint density at radius 3 is 2.48 bits per heavy atom. The van der Waals surface area contributed by atoms with E-state index in [9.17, 15) is 5.11 Å². The molecule has 25 heavy (non-hydrogen) atoms. The van der Waals surface area contributed by atoms with Gasteiger partial charge in [-0.15, -0.1) is 12.4 Å². The van der Waals surface area contributed by atoms with Gasteiger partial charge in [-0.3, -0.25) is 0 Å². The van der Waals surface area contributed by atoms with Gasteiger partial charge in [-0.25, -0.2) is 0 Å². The lowest BCUT2D eigenvalue weighted by molar-refractivity contribution is 0.182. The molecular weight excluding hydrogens is 334 g/mol. The van der Waals surface area contributed by atoms with Crippen LogP contribution in [0, 0.1) is 0 Å². The van der Waals surface area contributed by atoms with Crippen LogP contribution in [0.4, 0.5) is 0 Å². The topological polar surface area (TPSA) is 32.7 Å². The lowest BCUT2D eigenvalue weighted by Crippen LogP contribution is -2.26. The Hall–Kier alpha value is -1.55. The fourth-order valence-corrected chi connectivity index (χ4v) is 3.47. The molecule has 0 aromatic heterocycles. The number of nitrogens with zero attached hydrogens (tertiary/aromatic N) is 1. The molecule has 0 spiro atoms. The van der Waals surface area contributed by atoms with E-state index in [2.05, 4.69) is 60.5 Å². The molecule has 1 N–H and O–H groups in total. The molecule has 0 bridgehead atoms. The van der Waals surface area contributed by atoms with Crippen LogP contribution in [0.25, 0.3) is 0 Å². The summed E-state index contributed by atoms with van der Waals surface area (Å²) in [6.45, 7) is 1.47. The largest absolute Gasteiger partial charge is 0.493 e. The van der Waals surface area contributed by atoms with E-state index in [1.54, 1.807) is 0 Å². The molecule has 0 saturated carbocycles. The molecule has 1 aliphatic heterocycles. The number of aliphatic hydroxyl groups excluding tert-OH is 1. The van der Waals surface area contributed by atoms with E-state index in [1.165, 1.54) is 11.1 Å². The highest BCUT2D eigenvalue weighted by molar-refractivity contribution is 5.85. The van der Waals surface area contributed by atoms with Gasteiger partial charge in [-0.05, 0) is 49.9 Å². The number of benzene rings is 2. The number of rotatable bonds is 7. The van der Waals surface area contributed by atoms with E-state index >= 15 is 0 Å². The summed E-state index contributed by atoms with van der Waals surface area (Å²) in [5.41, 5.74) is 2.62. The Kier molecular flexibility index (Phi) is 7.76. The van der Waals surface area contributed by atoms with E-state index < -0.39 is 0 Å². The SMILES string of the molecule is CN1C[C@H](O)C[C@H]1CCOc1ccccc1CCc1ccccc1.Cl. The van der Waals surface area contributed by atoms with E-state index in [0.29, 0.717) is 12.6 Å². The normalized spacial score (nSPS) is 20.2. The maximum Gasteiger partial charge on any atom is 0.122 e. The molecule has 2 atom stereocenters. The first kappa shape index (κ1) is 19.8. The Balaban J connectivity index is 0.00000225. The molecule has 0 aliphatic carbocycles. The van der Waals surface area contributed by atoms with Crippen LogP contribution < -0.4 is 4.74 Å². The van der Waals surface area contributed by atoms with Crippen molar-refractivity contribution < 1.29 is 9.84 Å². The van der Waals surface area contributed by atoms with E-state index in [-0.39, 0.29) is 18.5 Å². The molecule has 2 aromatic carbocycles. The molecule has 1 saturated heterocycles. The summed E-state index contributed by atoms with van der Waals surface area (Å²) in [6.07, 6.45) is 3.65. The standard InChI is InChI=1S/C21H27NO2.ClH/c1-22-16-20(23)15-19(22)13-14-24-21-10-6-5-9-18(21)12-11-17-7-3-2-4-8-17;/h2-10,19-20,23H,11-16H2,1H3;1H/t19-,20-;/m1./s1. The van der Waals surface area contributed by atoms with Gasteiger partial charge in [0.1, 0.15) is 5.75 Å². The molecule has 0 radical (unpaired) electrons. The zero-order valence-corrected chi connectivity index (χ0v) is 15.6. The van der Waals surface area contributed by atoms with Gasteiger partial charge in [-0.1, -0.05) is 48.5 Å². The smallest absolute Gasteiger partial charge is 0.122 e. The van der Waals surface area contributed by atoms with Crippen molar-refractivity contribution in [2.45, 2.75) is 37.8 Å². The summed E-state index contributed by atoms with van der Waals surface area (Å²) in [4.78, 5) is 2.23. The number of para-hydroxylation sites is 1. The Morgan fingerprint density at radius 2 is 1.76 bits per heavy atom. The van der Waals surface area contributed by atoms with Gasteiger partial charge in [0.05, 0.1) is 12.7 Å². The number of hydrogen-bond acceptors (Lipinski definition) is 3. The highest BCUT2D eigenvalue weighted by Gasteiger charge is 2.27. The number of aliphatic hydroxyl groups is 1. The van der Waals surface area contributed by atoms with Gasteiger partial charge in [0.25, 0.3) is 0 Å². The van der Waals surface area contributed by atoms with Gasteiger partial charge < -0.3 is 14.7 Å². The van der Waals surface area contributed by atoms with Crippen LogP contribution in [-0.4, -0.2) is 42.4 Å². The molecule has 1 fully saturated rings. The Bertz CT molecular complexity index is 635. The van der Waals surface area contributed by atoms with Crippen molar-refractivity contribution in [2.24, 2.45) is 0 Å². The minimum atomic E-state index is -0.182. The average Bonchev–Trinajstić information content (AvgIpc) is 2.92. The molecule has 3 nitrogen and oxygen atoms in total. The number of hydrogen-bond donors (Lipinski definition) is 1. The van der Waals surface area contributed by atoms with Gasteiger partial charge in [0, 0.05) is 12.6 Å². The monoisotopic (exact) mass is 361 g/mol. The molecule has 0 amide bonds. The van der Waals surface area contributed by atoms with Crippen LogP contribution in [0.15, 0.2) is 54.6 Å². The number of aryl methyl sites for hydroxylation is 2. The summed E-state index contributed by atoms with van der Waals surface area (Å²) in [6, 6.07) is 19.3. The number of halogens is 1. The van der Waals surface area contributed by atoms with Crippen molar-refractivity contribution in [2.75, 3.05) is 20.2 Å². The van der Waals surface area contributed by atoms with Crippen LogP contribution in [0.1, 0.15) is 24.0 Å². The third-order valence-electron chi connectivity index (χ3n) is 4.87. The van der Waals surface area contributed by atoms with Crippen LogP contribution >= 0.6 is 12.4 Å². The van der Waals surface area contributed by atoms with Crippen LogP contribution in [0.3, 0.4) is 0 Å². The van der Waals surface area contributed by atoms with Crippen molar-refractivity contribution >= 4 is 12.4 Å². The number of β-amino-alcohol motifs (C(OH)–C–C–N with tert-alkyl or cyclic N) is 1. The Labute approximate surface area is 157 Å². The predicted octanol–water partition coefficient (Wildman–Crippen LogP) is 3.73. The molecule has 2 aromatic rings. The van der Waals surface area contributed by atoms with Crippen LogP contribution in [0.5, 0.6) is 5.75 Å². The van der Waals surface area contributed by atoms with Crippen LogP contribution in [-0.2, 0) is 12.8 Å². The van der Waals surface area contributed by atoms with Gasteiger partial charge in [-0.2, -0.15) is 0 Å². The zero-order chi connectivity index (χ0) is 16.8. The third kappa shape index (κ3) is 5.74. The van der Waals surface area contributed by atoms with Gasteiger partial charge in [0.15, 0.2) is 0 Å². The minimum absolute atomic E-state index is 0. The van der Waals surface area contributed by atoms with Crippen molar-refractivity contribution in [3.8, 4) is 5.75 Å². The molecule has 0 unspecified atom stereocenters. The Morgan fingerprint density at radius 1 is 1.04 bits per heavy atom. The second-order valence-corrected chi connectivity index (χ2v) is 6.71. The third-order valence-corrected chi connectivity index (χ3v) is 4.87. The lowest BCUT2D eigenvalue weighted by Gasteiger charge is -2.19. The summed E-state index contributed by atoms with van der Waals surface area (Å²) >= 11 is 0. The number of likely N-dealkylation sites (N-methyl/N-ethyl adjacent to an activating group) is 1. The van der Waals surface area contributed by atoms with Crippen molar-refractivity contribution in [3.05, 3.63) is 65.7 Å². The first-order chi connectivity index (χ1) is 11.7. The first-order valence-electron chi connectivity index (χ1n) is 8.85. The highest BCUT2D eigenvalue weighted by Crippen LogP contribution is 2.22. The lowest BCUT2D eigenvalue weighted by atomic mass is 10.0. The summed E-state index contributed by atoms with van der Waals surface area (Å²) < 4.78 is 6.06. The quantitative estimate of drug-likeness (QED) is 0.815.